The van der Waals surface area contributed by atoms with Gasteiger partial charge in [0, 0.05) is 47.0 Å². The fraction of sp³-hybridized carbons (Fsp3) is 0.297. The maximum absolute atomic E-state index is 14.4. The number of halogens is 5. The minimum Gasteiger partial charge on any atom is -0.343 e. The molecule has 3 aliphatic rings. The van der Waals surface area contributed by atoms with Crippen LogP contribution in [0.2, 0.25) is 10.0 Å². The summed E-state index contributed by atoms with van der Waals surface area (Å²) in [6.45, 7) is 1.59. The number of benzene rings is 2. The molecule has 11 nitrogen and oxygen atoms in total. The molecule has 3 amide bonds. The normalized spacial score (nSPS) is 19.5. The summed E-state index contributed by atoms with van der Waals surface area (Å²) >= 11 is 12.6. The second-order valence-electron chi connectivity index (χ2n) is 14.1. The average Bonchev–Trinajstić information content (AvgIpc) is 3.95. The third kappa shape index (κ3) is 6.13. The predicted molar refractivity (Wildman–Crippen MR) is 190 cm³/mol. The van der Waals surface area contributed by atoms with Crippen LogP contribution in [0.1, 0.15) is 59.9 Å². The molecule has 4 heterocycles. The molecule has 0 radical (unpaired) electrons. The summed E-state index contributed by atoms with van der Waals surface area (Å²) in [5.41, 5.74) is -0.989. The van der Waals surface area contributed by atoms with Crippen LogP contribution in [-0.2, 0) is 40.3 Å². The van der Waals surface area contributed by atoms with Crippen molar-refractivity contribution in [2.45, 2.75) is 61.8 Å². The number of carbonyl (C=O) groups is 3. The van der Waals surface area contributed by atoms with Crippen molar-refractivity contribution >= 4 is 52.6 Å². The van der Waals surface area contributed by atoms with Crippen LogP contribution < -0.4 is 15.5 Å². The standard InChI is InChI=1S/C37H31Cl2F3N8O3/c1-34(16-21-3-6-24(7-4-21)37(40,41)42)32(53)49(27-14-25(38)13-26(39)15-27)33-44-19-28(50(33)34)30(51)46-36(11-12-36)31(52)47-35(9-10-35)29-8-5-22(17-43-29)23-18-45-48(2)20-23/h3-8,13-15,17-20H,9-12,16H2,1-2H3,(H,46,51)(H,47,52)/t34-/m1/s1. The van der Waals surface area contributed by atoms with Crippen LogP contribution in [0.5, 0.6) is 0 Å². The quantitative estimate of drug-likeness (QED) is 0.172. The van der Waals surface area contributed by atoms with E-state index >= 15 is 0 Å². The minimum absolute atomic E-state index is 0.00810. The Morgan fingerprint density at radius 2 is 1.58 bits per heavy atom. The summed E-state index contributed by atoms with van der Waals surface area (Å²) in [5.74, 6) is -1.41. The molecule has 2 N–H and O–H groups in total. The molecule has 16 heteroatoms. The topological polar surface area (TPSA) is 127 Å². The molecule has 53 heavy (non-hydrogen) atoms. The lowest BCUT2D eigenvalue weighted by atomic mass is 9.91. The van der Waals surface area contributed by atoms with E-state index in [0.29, 0.717) is 36.9 Å². The molecule has 0 spiro atoms. The minimum atomic E-state index is -4.54. The maximum atomic E-state index is 14.4. The maximum Gasteiger partial charge on any atom is 0.416 e. The molecule has 272 valence electrons. The first-order valence-corrected chi connectivity index (χ1v) is 17.5. The Morgan fingerprint density at radius 1 is 0.887 bits per heavy atom. The molecule has 2 fully saturated rings. The fourth-order valence-electron chi connectivity index (χ4n) is 6.98. The Bertz CT molecular complexity index is 2280. The van der Waals surface area contributed by atoms with Gasteiger partial charge in [0.1, 0.15) is 16.8 Å². The van der Waals surface area contributed by atoms with Gasteiger partial charge in [0.05, 0.1) is 34.9 Å². The summed E-state index contributed by atoms with van der Waals surface area (Å²) in [4.78, 5) is 52.8. The van der Waals surface area contributed by atoms with Gasteiger partial charge >= 0.3 is 6.18 Å². The van der Waals surface area contributed by atoms with E-state index in [2.05, 4.69) is 25.7 Å². The van der Waals surface area contributed by atoms with Gasteiger partial charge in [0.2, 0.25) is 11.9 Å². The number of hydrogen-bond donors (Lipinski definition) is 2. The summed E-state index contributed by atoms with van der Waals surface area (Å²) < 4.78 is 43.2. The number of hydrogen-bond acceptors (Lipinski definition) is 6. The molecule has 0 saturated heterocycles. The molecule has 5 aromatic rings. The Kier molecular flexibility index (Phi) is 8.00. The van der Waals surface area contributed by atoms with Crippen molar-refractivity contribution < 1.29 is 27.6 Å². The molecule has 2 saturated carbocycles. The first-order valence-electron chi connectivity index (χ1n) is 16.8. The van der Waals surface area contributed by atoms with Crippen molar-refractivity contribution in [1.29, 1.82) is 0 Å². The van der Waals surface area contributed by atoms with Crippen LogP contribution >= 0.6 is 23.2 Å². The zero-order valence-electron chi connectivity index (χ0n) is 28.3. The van der Waals surface area contributed by atoms with Gasteiger partial charge in [-0.05, 0) is 74.6 Å². The van der Waals surface area contributed by atoms with E-state index in [1.165, 1.54) is 46.0 Å². The smallest absolute Gasteiger partial charge is 0.343 e. The number of nitrogens with zero attached hydrogens (tertiary/aromatic N) is 6. The highest BCUT2D eigenvalue weighted by Crippen LogP contribution is 2.48. The Labute approximate surface area is 311 Å². The van der Waals surface area contributed by atoms with E-state index < -0.39 is 40.2 Å². The van der Waals surface area contributed by atoms with Crippen molar-refractivity contribution in [2.24, 2.45) is 7.05 Å². The van der Waals surface area contributed by atoms with E-state index in [1.54, 1.807) is 24.0 Å². The van der Waals surface area contributed by atoms with Gasteiger partial charge in [0.25, 0.3) is 11.8 Å². The number of anilines is 2. The van der Waals surface area contributed by atoms with Gasteiger partial charge < -0.3 is 10.6 Å². The van der Waals surface area contributed by atoms with Crippen molar-refractivity contribution in [3.63, 3.8) is 0 Å². The molecular formula is C37H31Cl2F3N8O3. The molecule has 0 bridgehead atoms. The van der Waals surface area contributed by atoms with Crippen molar-refractivity contribution in [3.05, 3.63) is 112 Å². The summed E-state index contributed by atoms with van der Waals surface area (Å²) in [6.07, 6.45) is 4.23. The molecular weight excluding hydrogens is 732 g/mol. The second kappa shape index (κ2) is 12.2. The molecule has 0 unspecified atom stereocenters. The van der Waals surface area contributed by atoms with E-state index in [-0.39, 0.29) is 39.7 Å². The van der Waals surface area contributed by atoms with Gasteiger partial charge in [-0.1, -0.05) is 41.4 Å². The second-order valence-corrected chi connectivity index (χ2v) is 15.0. The molecule has 3 aromatic heterocycles. The number of carbonyl (C=O) groups excluding carboxylic acids is 3. The van der Waals surface area contributed by atoms with Crippen LogP contribution in [0.15, 0.2) is 79.4 Å². The average molecular weight is 764 g/mol. The lowest BCUT2D eigenvalue weighted by Crippen LogP contribution is -2.52. The van der Waals surface area contributed by atoms with E-state index in [0.717, 1.165) is 23.3 Å². The highest BCUT2D eigenvalue weighted by atomic mass is 35.5. The number of aryl methyl sites for hydroxylation is 1. The molecule has 8 rings (SSSR count). The van der Waals surface area contributed by atoms with Gasteiger partial charge in [-0.25, -0.2) is 9.88 Å². The zero-order chi connectivity index (χ0) is 37.5. The fourth-order valence-corrected chi connectivity index (χ4v) is 7.49. The summed E-state index contributed by atoms with van der Waals surface area (Å²) in [6, 6.07) is 12.9. The van der Waals surface area contributed by atoms with Crippen LogP contribution in [0.3, 0.4) is 0 Å². The number of aromatic nitrogens is 5. The van der Waals surface area contributed by atoms with Crippen molar-refractivity contribution in [1.82, 2.24) is 34.9 Å². The van der Waals surface area contributed by atoms with Gasteiger partial charge in [-0.3, -0.25) is 28.6 Å². The summed E-state index contributed by atoms with van der Waals surface area (Å²) in [5, 5.41) is 10.8. The number of imidazole rings is 1. The highest BCUT2D eigenvalue weighted by Gasteiger charge is 2.57. The van der Waals surface area contributed by atoms with Crippen LogP contribution in [-0.4, -0.2) is 47.6 Å². The number of fused-ring (bicyclic) bond motifs is 1. The number of rotatable bonds is 9. The summed E-state index contributed by atoms with van der Waals surface area (Å²) in [7, 11) is 1.83. The SMILES string of the molecule is Cn1cc(-c2ccc(C3(NC(=O)C4(NC(=O)c5cnc6n5[C@](C)(Cc5ccc(C(F)(F)F)cc5)C(=O)N6c5cc(Cl)cc(Cl)c5)CC4)CC3)nc2)cn1. The zero-order valence-corrected chi connectivity index (χ0v) is 29.9. The third-order valence-corrected chi connectivity index (χ3v) is 10.6. The molecule has 1 aliphatic heterocycles. The van der Waals surface area contributed by atoms with Gasteiger partial charge in [-0.15, -0.1) is 0 Å². The molecule has 2 aliphatic carbocycles. The van der Waals surface area contributed by atoms with Crippen LogP contribution in [0.25, 0.3) is 11.1 Å². The number of alkyl halides is 3. The lowest BCUT2D eigenvalue weighted by molar-refractivity contribution is -0.137. The monoisotopic (exact) mass is 762 g/mol. The Balaban J connectivity index is 1.07. The largest absolute Gasteiger partial charge is 0.416 e. The molecule has 2 aromatic carbocycles. The Morgan fingerprint density at radius 3 is 2.15 bits per heavy atom. The van der Waals surface area contributed by atoms with Gasteiger partial charge in [-0.2, -0.15) is 18.3 Å². The first kappa shape index (κ1) is 34.9. The number of amides is 3. The van der Waals surface area contributed by atoms with E-state index in [9.17, 15) is 27.6 Å². The Hall–Kier alpha value is -5.21. The highest BCUT2D eigenvalue weighted by molar-refractivity contribution is 6.35. The van der Waals surface area contributed by atoms with Gasteiger partial charge in [0.15, 0.2) is 0 Å². The van der Waals surface area contributed by atoms with E-state index in [1.807, 2.05) is 25.4 Å². The predicted octanol–water partition coefficient (Wildman–Crippen LogP) is 6.71. The van der Waals surface area contributed by atoms with Crippen molar-refractivity contribution in [3.8, 4) is 11.1 Å². The number of nitrogens with one attached hydrogen (secondary N) is 2. The van der Waals surface area contributed by atoms with E-state index in [4.69, 9.17) is 23.2 Å². The van der Waals surface area contributed by atoms with Crippen molar-refractivity contribution in [2.75, 3.05) is 4.90 Å². The third-order valence-electron chi connectivity index (χ3n) is 10.2. The first-order chi connectivity index (χ1) is 25.1. The van der Waals surface area contributed by atoms with Crippen LogP contribution in [0, 0.1) is 0 Å². The lowest BCUT2D eigenvalue weighted by Gasteiger charge is -2.27. The number of pyridine rings is 1. The van der Waals surface area contributed by atoms with Crippen LogP contribution in [0.4, 0.5) is 24.8 Å². The molecule has 1 atom stereocenters.